The average molecular weight is 430 g/mol. The normalized spacial score (nSPS) is 20.1. The Morgan fingerprint density at radius 2 is 2.00 bits per heavy atom. The second kappa shape index (κ2) is 9.84. The van der Waals surface area contributed by atoms with Crippen LogP contribution in [0.2, 0.25) is 0 Å². The number of halogens is 3. The van der Waals surface area contributed by atoms with Crippen LogP contribution in [0.4, 0.5) is 18.9 Å². The molecule has 1 heterocycles. The average Bonchev–Trinajstić information content (AvgIpc) is 2.68. The predicted molar refractivity (Wildman–Crippen MR) is 105 cm³/mol. The number of rotatable bonds is 7. The molecule has 2 aliphatic rings. The van der Waals surface area contributed by atoms with Crippen LogP contribution in [-0.2, 0) is 20.5 Å². The smallest absolute Gasteiger partial charge is 0.378 e. The quantitative estimate of drug-likeness (QED) is 0.631. The van der Waals surface area contributed by atoms with Gasteiger partial charge in [-0.1, -0.05) is 19.3 Å². The van der Waals surface area contributed by atoms with Gasteiger partial charge in [0.05, 0.1) is 22.6 Å². The number of anilines is 1. The Kier molecular flexibility index (Phi) is 7.45. The van der Waals surface area contributed by atoms with E-state index in [0.29, 0.717) is 30.6 Å². The third kappa shape index (κ3) is 6.37. The van der Waals surface area contributed by atoms with E-state index >= 15 is 0 Å². The van der Waals surface area contributed by atoms with Crippen molar-refractivity contribution >= 4 is 29.3 Å². The first-order valence-electron chi connectivity index (χ1n) is 9.90. The van der Waals surface area contributed by atoms with Crippen molar-refractivity contribution in [2.75, 3.05) is 18.5 Å². The van der Waals surface area contributed by atoms with E-state index < -0.39 is 22.9 Å². The standard InChI is InChI=1S/C20H25F3N2O3S/c21-20(22,23)13-7-8-16-15(11-13)25-19(27)17(29-16)12-18(26)24-9-4-10-28-14-5-2-1-3-6-14/h7-8,11,14,17H,1-6,9-10,12H2,(H,24,26)(H,25,27)/t17-/m1/s1. The summed E-state index contributed by atoms with van der Waals surface area (Å²) in [6.45, 7) is 1.06. The predicted octanol–water partition coefficient (Wildman–Crippen LogP) is 4.36. The van der Waals surface area contributed by atoms with Crippen LogP contribution in [0, 0.1) is 0 Å². The number of hydrogen-bond acceptors (Lipinski definition) is 4. The Bertz CT molecular complexity index is 736. The zero-order chi connectivity index (χ0) is 20.9. The van der Waals surface area contributed by atoms with Gasteiger partial charge in [-0.3, -0.25) is 9.59 Å². The van der Waals surface area contributed by atoms with Crippen LogP contribution in [0.25, 0.3) is 0 Å². The number of alkyl halides is 3. The molecular weight excluding hydrogens is 405 g/mol. The minimum absolute atomic E-state index is 0.0273. The molecule has 0 unspecified atom stereocenters. The second-order valence-electron chi connectivity index (χ2n) is 7.34. The van der Waals surface area contributed by atoms with E-state index in [1.807, 2.05) is 0 Å². The lowest BCUT2D eigenvalue weighted by Crippen LogP contribution is -2.35. The lowest BCUT2D eigenvalue weighted by molar-refractivity contribution is -0.137. The van der Waals surface area contributed by atoms with Gasteiger partial charge in [-0.25, -0.2) is 0 Å². The largest absolute Gasteiger partial charge is 0.416 e. The molecule has 9 heteroatoms. The summed E-state index contributed by atoms with van der Waals surface area (Å²) < 4.78 is 44.2. The molecule has 0 aromatic heterocycles. The molecule has 2 N–H and O–H groups in total. The molecule has 2 amide bonds. The molecule has 1 aliphatic heterocycles. The third-order valence-electron chi connectivity index (χ3n) is 5.05. The number of benzene rings is 1. The summed E-state index contributed by atoms with van der Waals surface area (Å²) in [6, 6.07) is 3.23. The third-order valence-corrected chi connectivity index (χ3v) is 6.32. The van der Waals surface area contributed by atoms with E-state index in [0.717, 1.165) is 36.7 Å². The molecule has 3 rings (SSSR count). The molecule has 1 aromatic carbocycles. The van der Waals surface area contributed by atoms with Crippen molar-refractivity contribution in [2.45, 2.75) is 67.4 Å². The van der Waals surface area contributed by atoms with E-state index in [1.54, 1.807) is 0 Å². The van der Waals surface area contributed by atoms with Crippen molar-refractivity contribution in [1.29, 1.82) is 0 Å². The van der Waals surface area contributed by atoms with Gasteiger partial charge < -0.3 is 15.4 Å². The number of hydrogen-bond donors (Lipinski definition) is 2. The Morgan fingerprint density at radius 1 is 1.24 bits per heavy atom. The number of carbonyl (C=O) groups excluding carboxylic acids is 2. The van der Waals surface area contributed by atoms with Gasteiger partial charge in [0, 0.05) is 24.5 Å². The van der Waals surface area contributed by atoms with Gasteiger partial charge in [0.1, 0.15) is 0 Å². The number of carbonyl (C=O) groups is 2. The van der Waals surface area contributed by atoms with E-state index in [1.165, 1.54) is 25.3 Å². The molecule has 1 atom stereocenters. The highest BCUT2D eigenvalue weighted by atomic mass is 32.2. The number of amides is 2. The van der Waals surface area contributed by atoms with Crippen LogP contribution in [0.15, 0.2) is 23.1 Å². The second-order valence-corrected chi connectivity index (χ2v) is 8.59. The lowest BCUT2D eigenvalue weighted by Gasteiger charge is -2.24. The minimum atomic E-state index is -4.47. The van der Waals surface area contributed by atoms with Gasteiger partial charge in [-0.2, -0.15) is 13.2 Å². The zero-order valence-electron chi connectivity index (χ0n) is 16.0. The maximum atomic E-state index is 12.8. The molecule has 0 saturated heterocycles. The molecule has 1 aliphatic carbocycles. The number of ether oxygens (including phenoxy) is 1. The van der Waals surface area contributed by atoms with Crippen LogP contribution in [-0.4, -0.2) is 36.3 Å². The first-order valence-corrected chi connectivity index (χ1v) is 10.8. The van der Waals surface area contributed by atoms with Crippen LogP contribution < -0.4 is 10.6 Å². The van der Waals surface area contributed by atoms with Gasteiger partial charge >= 0.3 is 6.18 Å². The number of thioether (sulfide) groups is 1. The molecule has 1 aromatic rings. The summed E-state index contributed by atoms with van der Waals surface area (Å²) in [7, 11) is 0. The molecular formula is C20H25F3N2O3S. The molecule has 5 nitrogen and oxygen atoms in total. The lowest BCUT2D eigenvalue weighted by atomic mass is 9.98. The SMILES string of the molecule is O=C(C[C@H]1Sc2ccc(C(F)(F)F)cc2NC1=O)NCCCOC1CCCCC1. The summed E-state index contributed by atoms with van der Waals surface area (Å²) in [5.41, 5.74) is -0.685. The molecule has 1 saturated carbocycles. The zero-order valence-corrected chi connectivity index (χ0v) is 16.8. The van der Waals surface area contributed by atoms with Crippen LogP contribution >= 0.6 is 11.8 Å². The summed E-state index contributed by atoms with van der Waals surface area (Å²) in [5, 5.41) is 4.59. The van der Waals surface area contributed by atoms with Gasteiger partial charge in [0.2, 0.25) is 11.8 Å². The fourth-order valence-electron chi connectivity index (χ4n) is 3.48. The molecule has 0 radical (unpaired) electrons. The summed E-state index contributed by atoms with van der Waals surface area (Å²) >= 11 is 1.11. The molecule has 160 valence electrons. The van der Waals surface area contributed by atoms with Crippen molar-refractivity contribution < 1.29 is 27.5 Å². The highest BCUT2D eigenvalue weighted by Gasteiger charge is 2.34. The van der Waals surface area contributed by atoms with Crippen LogP contribution in [0.5, 0.6) is 0 Å². The highest BCUT2D eigenvalue weighted by Crippen LogP contribution is 2.40. The van der Waals surface area contributed by atoms with Crippen LogP contribution in [0.1, 0.15) is 50.5 Å². The van der Waals surface area contributed by atoms with Crippen molar-refractivity contribution in [3.63, 3.8) is 0 Å². The summed E-state index contributed by atoms with van der Waals surface area (Å²) in [6.07, 6.45) is 2.44. The number of nitrogens with one attached hydrogen (secondary N) is 2. The summed E-state index contributed by atoms with van der Waals surface area (Å²) in [4.78, 5) is 24.8. The van der Waals surface area contributed by atoms with Crippen LogP contribution in [0.3, 0.4) is 0 Å². The Labute approximate surface area is 172 Å². The van der Waals surface area contributed by atoms with E-state index in [9.17, 15) is 22.8 Å². The van der Waals surface area contributed by atoms with Crippen molar-refractivity contribution in [1.82, 2.24) is 5.32 Å². The maximum absolute atomic E-state index is 12.8. The van der Waals surface area contributed by atoms with Gasteiger partial charge in [-0.05, 0) is 37.5 Å². The maximum Gasteiger partial charge on any atom is 0.416 e. The van der Waals surface area contributed by atoms with E-state index in [-0.39, 0.29) is 18.0 Å². The Morgan fingerprint density at radius 3 is 2.72 bits per heavy atom. The van der Waals surface area contributed by atoms with Crippen molar-refractivity contribution in [3.8, 4) is 0 Å². The van der Waals surface area contributed by atoms with E-state index in [2.05, 4.69) is 10.6 Å². The van der Waals surface area contributed by atoms with Crippen molar-refractivity contribution in [2.24, 2.45) is 0 Å². The fourth-order valence-corrected chi connectivity index (χ4v) is 4.57. The summed E-state index contributed by atoms with van der Waals surface area (Å²) in [5.74, 6) is -0.719. The van der Waals surface area contributed by atoms with Gasteiger partial charge in [0.15, 0.2) is 0 Å². The van der Waals surface area contributed by atoms with E-state index in [4.69, 9.17) is 4.74 Å². The molecule has 1 fully saturated rings. The topological polar surface area (TPSA) is 67.4 Å². The first-order chi connectivity index (χ1) is 13.8. The minimum Gasteiger partial charge on any atom is -0.378 e. The highest BCUT2D eigenvalue weighted by molar-refractivity contribution is 8.01. The van der Waals surface area contributed by atoms with Gasteiger partial charge in [-0.15, -0.1) is 11.8 Å². The molecule has 0 bridgehead atoms. The fraction of sp³-hybridized carbons (Fsp3) is 0.600. The molecule has 29 heavy (non-hydrogen) atoms. The Hall–Kier alpha value is -1.74. The van der Waals surface area contributed by atoms with Crippen molar-refractivity contribution in [3.05, 3.63) is 23.8 Å². The Balaban J connectivity index is 1.41. The first kappa shape index (κ1) is 22.0. The van der Waals surface area contributed by atoms with Gasteiger partial charge in [0.25, 0.3) is 0 Å². The number of fused-ring (bicyclic) bond motifs is 1. The monoisotopic (exact) mass is 430 g/mol. The molecule has 0 spiro atoms.